The Morgan fingerprint density at radius 3 is 2.12 bits per heavy atom. The fourth-order valence-corrected chi connectivity index (χ4v) is 2.87. The van der Waals surface area contributed by atoms with Crippen LogP contribution in [0.25, 0.3) is 0 Å². The molecule has 0 atom stereocenters. The summed E-state index contributed by atoms with van der Waals surface area (Å²) in [5.74, 6) is 0. The summed E-state index contributed by atoms with van der Waals surface area (Å²) in [6, 6.07) is 0. The molecular formula is C21H33FN2. The lowest BCUT2D eigenvalue weighted by Crippen LogP contribution is -2.38. The summed E-state index contributed by atoms with van der Waals surface area (Å²) in [7, 11) is 0. The topological polar surface area (TPSA) is 15.6 Å². The van der Waals surface area contributed by atoms with Crippen LogP contribution in [0.2, 0.25) is 0 Å². The van der Waals surface area contributed by atoms with Gasteiger partial charge in [-0.2, -0.15) is 0 Å². The van der Waals surface area contributed by atoms with E-state index in [1.807, 2.05) is 31.9 Å². The number of hydrogen-bond acceptors (Lipinski definition) is 2. The van der Waals surface area contributed by atoms with Crippen LogP contribution in [0, 0.1) is 5.41 Å². The predicted octanol–water partition coefficient (Wildman–Crippen LogP) is 6.19. The van der Waals surface area contributed by atoms with Gasteiger partial charge in [-0.05, 0) is 65.2 Å². The zero-order valence-electron chi connectivity index (χ0n) is 16.1. The van der Waals surface area contributed by atoms with Gasteiger partial charge in [0.05, 0.1) is 0 Å². The maximum absolute atomic E-state index is 14.1. The number of hydrogen-bond donors (Lipinski definition) is 0. The highest BCUT2D eigenvalue weighted by atomic mass is 19.1. The standard InChI is InChI=1S/C21H33FN2/c1-9-24(15-17(4)18(5)23-14-16(2)3)19(6)20(7)10-12-21(8,22)13-11-20/h9,14H,1,4,6,10-13,15H2,2-3,5,7-8H3. The lowest BCUT2D eigenvalue weighted by atomic mass is 9.69. The van der Waals surface area contributed by atoms with E-state index in [9.17, 15) is 4.39 Å². The zero-order chi connectivity index (χ0) is 18.5. The molecule has 2 nitrogen and oxygen atoms in total. The summed E-state index contributed by atoms with van der Waals surface area (Å²) >= 11 is 0. The van der Waals surface area contributed by atoms with Crippen molar-refractivity contribution in [2.45, 2.75) is 66.0 Å². The van der Waals surface area contributed by atoms with Crippen molar-refractivity contribution in [2.75, 3.05) is 6.54 Å². The molecule has 1 rings (SSSR count). The van der Waals surface area contributed by atoms with Gasteiger partial charge in [0.2, 0.25) is 0 Å². The third kappa shape index (κ3) is 5.47. The minimum Gasteiger partial charge on any atom is -0.348 e. The number of rotatable bonds is 7. The molecule has 0 spiro atoms. The molecule has 0 aromatic carbocycles. The number of allylic oxidation sites excluding steroid dienone is 2. The monoisotopic (exact) mass is 332 g/mol. The zero-order valence-corrected chi connectivity index (χ0v) is 16.1. The van der Waals surface area contributed by atoms with E-state index >= 15 is 0 Å². The van der Waals surface area contributed by atoms with Crippen LogP contribution in [-0.2, 0) is 0 Å². The van der Waals surface area contributed by atoms with Gasteiger partial charge < -0.3 is 4.90 Å². The van der Waals surface area contributed by atoms with E-state index in [1.54, 1.807) is 13.1 Å². The van der Waals surface area contributed by atoms with Gasteiger partial charge in [0.1, 0.15) is 5.67 Å². The van der Waals surface area contributed by atoms with E-state index in [4.69, 9.17) is 0 Å². The average molecular weight is 333 g/mol. The van der Waals surface area contributed by atoms with Gasteiger partial charge in [-0.1, -0.05) is 32.2 Å². The molecule has 0 aromatic heterocycles. The average Bonchev–Trinajstić information content (AvgIpc) is 2.52. The van der Waals surface area contributed by atoms with E-state index in [-0.39, 0.29) is 5.41 Å². The molecule has 0 N–H and O–H groups in total. The summed E-state index contributed by atoms with van der Waals surface area (Å²) in [4.78, 5) is 6.47. The van der Waals surface area contributed by atoms with Crippen LogP contribution >= 0.6 is 0 Å². The SMILES string of the molecule is C=CN(CC(=C)C(C)=NC=C(C)C)C(=C)C1(C)CCC(C)(F)CC1. The van der Waals surface area contributed by atoms with Gasteiger partial charge in [0, 0.05) is 29.6 Å². The maximum atomic E-state index is 14.1. The van der Waals surface area contributed by atoms with Gasteiger partial charge in [0.15, 0.2) is 0 Å². The van der Waals surface area contributed by atoms with Crippen LogP contribution in [0.4, 0.5) is 4.39 Å². The molecule has 0 heterocycles. The summed E-state index contributed by atoms with van der Waals surface area (Å²) in [5, 5.41) is 0. The Morgan fingerprint density at radius 2 is 1.67 bits per heavy atom. The molecule has 0 aliphatic heterocycles. The Morgan fingerprint density at radius 1 is 1.12 bits per heavy atom. The van der Waals surface area contributed by atoms with Gasteiger partial charge in [0.25, 0.3) is 0 Å². The van der Waals surface area contributed by atoms with Crippen molar-refractivity contribution in [3.63, 3.8) is 0 Å². The van der Waals surface area contributed by atoms with E-state index < -0.39 is 5.67 Å². The maximum Gasteiger partial charge on any atom is 0.108 e. The molecule has 3 heteroatoms. The second-order valence-electron chi connectivity index (χ2n) is 7.76. The summed E-state index contributed by atoms with van der Waals surface area (Å²) < 4.78 is 14.1. The van der Waals surface area contributed by atoms with E-state index in [1.165, 1.54) is 0 Å². The number of halogens is 1. The van der Waals surface area contributed by atoms with Crippen molar-refractivity contribution in [1.82, 2.24) is 4.90 Å². The van der Waals surface area contributed by atoms with Gasteiger partial charge in [-0.25, -0.2) is 4.39 Å². The first-order valence-corrected chi connectivity index (χ1v) is 8.64. The smallest absolute Gasteiger partial charge is 0.108 e. The van der Waals surface area contributed by atoms with Crippen LogP contribution in [0.1, 0.15) is 60.3 Å². The molecular weight excluding hydrogens is 299 g/mol. The van der Waals surface area contributed by atoms with Crippen LogP contribution in [-0.4, -0.2) is 22.8 Å². The lowest BCUT2D eigenvalue weighted by Gasteiger charge is -2.43. The third-order valence-corrected chi connectivity index (χ3v) is 5.05. The normalized spacial score (nSPS) is 27.3. The van der Waals surface area contributed by atoms with E-state index in [0.29, 0.717) is 19.4 Å². The summed E-state index contributed by atoms with van der Waals surface area (Å²) in [5.41, 5.74) is 2.84. The molecule has 1 fully saturated rings. The molecule has 0 aromatic rings. The molecule has 1 saturated carbocycles. The molecule has 134 valence electrons. The quantitative estimate of drug-likeness (QED) is 0.507. The molecule has 24 heavy (non-hydrogen) atoms. The predicted molar refractivity (Wildman–Crippen MR) is 104 cm³/mol. The highest BCUT2D eigenvalue weighted by Crippen LogP contribution is 2.47. The van der Waals surface area contributed by atoms with Crippen molar-refractivity contribution in [3.8, 4) is 0 Å². The Hall–Kier alpha value is -1.64. The van der Waals surface area contributed by atoms with Gasteiger partial charge in [-0.3, -0.25) is 4.99 Å². The Balaban J connectivity index is 2.81. The molecule has 0 unspecified atom stereocenters. The van der Waals surface area contributed by atoms with Crippen LogP contribution < -0.4 is 0 Å². The lowest BCUT2D eigenvalue weighted by molar-refractivity contribution is 0.0688. The van der Waals surface area contributed by atoms with Gasteiger partial charge in [-0.15, -0.1) is 0 Å². The Kier molecular flexibility index (Phi) is 6.76. The largest absolute Gasteiger partial charge is 0.348 e. The molecule has 1 aliphatic carbocycles. The van der Waals surface area contributed by atoms with E-state index in [0.717, 1.165) is 35.4 Å². The molecule has 0 saturated heterocycles. The number of alkyl halides is 1. The second-order valence-corrected chi connectivity index (χ2v) is 7.76. The Bertz CT molecular complexity index is 552. The molecule has 0 bridgehead atoms. The van der Waals surface area contributed by atoms with Crippen molar-refractivity contribution in [1.29, 1.82) is 0 Å². The first kappa shape index (κ1) is 20.4. The van der Waals surface area contributed by atoms with E-state index in [2.05, 4.69) is 31.7 Å². The highest BCUT2D eigenvalue weighted by molar-refractivity contribution is 5.98. The van der Waals surface area contributed by atoms with Crippen LogP contribution in [0.15, 0.2) is 54.0 Å². The van der Waals surface area contributed by atoms with Crippen LogP contribution in [0.3, 0.4) is 0 Å². The second kappa shape index (κ2) is 7.96. The van der Waals surface area contributed by atoms with Crippen molar-refractivity contribution in [3.05, 3.63) is 49.0 Å². The molecule has 1 aliphatic rings. The fraction of sp³-hybridized carbons (Fsp3) is 0.571. The first-order chi connectivity index (χ1) is 11.0. The Labute approximate surface area is 147 Å². The highest BCUT2D eigenvalue weighted by Gasteiger charge is 2.40. The number of aliphatic imine (C=N–C) groups is 1. The van der Waals surface area contributed by atoms with Crippen molar-refractivity contribution < 1.29 is 4.39 Å². The third-order valence-electron chi connectivity index (χ3n) is 5.05. The fourth-order valence-electron chi connectivity index (χ4n) is 2.87. The summed E-state index contributed by atoms with van der Waals surface area (Å²) in [6.45, 7) is 22.8. The molecule has 0 radical (unpaired) electrons. The minimum atomic E-state index is -1.05. The van der Waals surface area contributed by atoms with Crippen molar-refractivity contribution in [2.24, 2.45) is 10.4 Å². The summed E-state index contributed by atoms with van der Waals surface area (Å²) in [6.07, 6.45) is 6.40. The van der Waals surface area contributed by atoms with Gasteiger partial charge >= 0.3 is 0 Å². The number of nitrogens with zero attached hydrogens (tertiary/aromatic N) is 2. The van der Waals surface area contributed by atoms with Crippen molar-refractivity contribution >= 4 is 5.71 Å². The molecule has 0 amide bonds. The first-order valence-electron chi connectivity index (χ1n) is 8.64. The van der Waals surface area contributed by atoms with Crippen LogP contribution in [0.5, 0.6) is 0 Å². The minimum absolute atomic E-state index is 0.0922.